The van der Waals surface area contributed by atoms with Crippen LogP contribution in [-0.4, -0.2) is 5.78 Å². The van der Waals surface area contributed by atoms with Gasteiger partial charge in [0.2, 0.25) is 5.88 Å². The Hall–Kier alpha value is -3.03. The van der Waals surface area contributed by atoms with E-state index in [1.54, 1.807) is 6.07 Å². The van der Waals surface area contributed by atoms with Crippen LogP contribution in [0.3, 0.4) is 0 Å². The van der Waals surface area contributed by atoms with Crippen LogP contribution in [0.15, 0.2) is 77.4 Å². The van der Waals surface area contributed by atoms with Crippen LogP contribution in [0, 0.1) is 11.3 Å². The van der Waals surface area contributed by atoms with Crippen LogP contribution in [0.2, 0.25) is 5.02 Å². The topological polar surface area (TPSA) is 76.1 Å². The Morgan fingerprint density at radius 2 is 1.78 bits per heavy atom. The van der Waals surface area contributed by atoms with Gasteiger partial charge in [-0.1, -0.05) is 60.1 Å². The number of halogens is 1. The van der Waals surface area contributed by atoms with E-state index in [0.29, 0.717) is 34.8 Å². The predicted octanol–water partition coefficient (Wildman–Crippen LogP) is 4.55. The van der Waals surface area contributed by atoms with Crippen LogP contribution in [0.5, 0.6) is 0 Å². The maximum absolute atomic E-state index is 13.1. The molecule has 0 amide bonds. The maximum Gasteiger partial charge on any atom is 0.205 e. The maximum atomic E-state index is 13.1. The quantitative estimate of drug-likeness (QED) is 0.834. The normalized spacial score (nSPS) is 22.1. The molecule has 2 atom stereocenters. The second kappa shape index (κ2) is 6.94. The molecule has 0 fully saturated rings. The zero-order chi connectivity index (χ0) is 19.0. The predicted molar refractivity (Wildman–Crippen MR) is 103 cm³/mol. The van der Waals surface area contributed by atoms with Gasteiger partial charge in [-0.15, -0.1) is 0 Å². The van der Waals surface area contributed by atoms with Crippen molar-refractivity contribution >= 4 is 17.4 Å². The van der Waals surface area contributed by atoms with Gasteiger partial charge in [0.1, 0.15) is 17.4 Å². The van der Waals surface area contributed by atoms with Gasteiger partial charge in [-0.05, 0) is 23.1 Å². The number of nitriles is 1. The molecule has 4 rings (SSSR count). The number of carbonyl (C=O) groups is 1. The zero-order valence-electron chi connectivity index (χ0n) is 14.5. The number of hydrogen-bond acceptors (Lipinski definition) is 4. The summed E-state index contributed by atoms with van der Waals surface area (Å²) in [6.45, 7) is 0. The molecule has 5 heteroatoms. The Balaban J connectivity index is 1.82. The number of ether oxygens (including phenoxy) is 1. The molecule has 0 bridgehead atoms. The molecule has 1 aliphatic carbocycles. The average Bonchev–Trinajstić information content (AvgIpc) is 2.68. The third kappa shape index (κ3) is 3.01. The Morgan fingerprint density at radius 1 is 1.07 bits per heavy atom. The van der Waals surface area contributed by atoms with Crippen molar-refractivity contribution < 1.29 is 9.53 Å². The van der Waals surface area contributed by atoms with Crippen LogP contribution >= 0.6 is 11.6 Å². The lowest BCUT2D eigenvalue weighted by Gasteiger charge is -2.34. The van der Waals surface area contributed by atoms with Crippen molar-refractivity contribution in [1.29, 1.82) is 5.26 Å². The van der Waals surface area contributed by atoms with E-state index >= 15 is 0 Å². The number of Topliss-reactive ketones (excluding diaryl/α,β-unsaturated/α-hetero) is 1. The first-order valence-electron chi connectivity index (χ1n) is 8.73. The Bertz CT molecular complexity index is 1020. The smallest absolute Gasteiger partial charge is 0.205 e. The largest absolute Gasteiger partial charge is 0.444 e. The molecule has 2 aromatic carbocycles. The highest BCUT2D eigenvalue weighted by Gasteiger charge is 2.41. The number of nitrogens with two attached hydrogens (primary N) is 1. The highest BCUT2D eigenvalue weighted by molar-refractivity contribution is 6.31. The molecule has 0 aromatic heterocycles. The summed E-state index contributed by atoms with van der Waals surface area (Å²) in [6, 6.07) is 19.2. The number of rotatable bonds is 2. The van der Waals surface area contributed by atoms with Crippen molar-refractivity contribution in [1.82, 2.24) is 0 Å². The van der Waals surface area contributed by atoms with Gasteiger partial charge in [0.25, 0.3) is 0 Å². The number of carbonyl (C=O) groups excluding carboxylic acids is 1. The number of hydrogen-bond donors (Lipinski definition) is 1. The van der Waals surface area contributed by atoms with Gasteiger partial charge in [0, 0.05) is 23.4 Å². The van der Waals surface area contributed by atoms with Gasteiger partial charge in [-0.25, -0.2) is 0 Å². The molecule has 2 aromatic rings. The number of allylic oxidation sites excluding steroid dienone is 3. The molecule has 0 spiro atoms. The van der Waals surface area contributed by atoms with Crippen molar-refractivity contribution in [3.63, 3.8) is 0 Å². The second-order valence-corrected chi connectivity index (χ2v) is 7.13. The molecule has 134 valence electrons. The third-order valence-corrected chi connectivity index (χ3v) is 5.49. The summed E-state index contributed by atoms with van der Waals surface area (Å²) in [5.41, 5.74) is 8.56. The zero-order valence-corrected chi connectivity index (χ0v) is 15.2. The minimum atomic E-state index is -0.586. The van der Waals surface area contributed by atoms with E-state index in [1.165, 1.54) is 0 Å². The van der Waals surface area contributed by atoms with E-state index in [2.05, 4.69) is 6.07 Å². The molecule has 0 saturated heterocycles. The van der Waals surface area contributed by atoms with Gasteiger partial charge < -0.3 is 10.5 Å². The summed E-state index contributed by atoms with van der Waals surface area (Å²) in [4.78, 5) is 13.1. The van der Waals surface area contributed by atoms with E-state index in [4.69, 9.17) is 22.1 Å². The Morgan fingerprint density at radius 3 is 2.48 bits per heavy atom. The monoisotopic (exact) mass is 376 g/mol. The molecule has 4 nitrogen and oxygen atoms in total. The van der Waals surface area contributed by atoms with Crippen LogP contribution < -0.4 is 5.73 Å². The molecule has 0 saturated carbocycles. The molecule has 0 unspecified atom stereocenters. The van der Waals surface area contributed by atoms with E-state index in [0.717, 1.165) is 5.56 Å². The van der Waals surface area contributed by atoms with Crippen molar-refractivity contribution in [3.8, 4) is 6.07 Å². The second-order valence-electron chi connectivity index (χ2n) is 6.72. The summed E-state index contributed by atoms with van der Waals surface area (Å²) in [7, 11) is 0. The van der Waals surface area contributed by atoms with Crippen LogP contribution in [0.1, 0.15) is 35.8 Å². The van der Waals surface area contributed by atoms with E-state index in [1.807, 2.05) is 48.5 Å². The van der Waals surface area contributed by atoms with Gasteiger partial charge >= 0.3 is 0 Å². The van der Waals surface area contributed by atoms with Gasteiger partial charge in [0.15, 0.2) is 5.78 Å². The molecule has 1 aliphatic heterocycles. The third-order valence-electron chi connectivity index (χ3n) is 5.15. The minimum absolute atomic E-state index is 0.0285. The lowest BCUT2D eigenvalue weighted by atomic mass is 9.73. The average molecular weight is 377 g/mol. The summed E-state index contributed by atoms with van der Waals surface area (Å²) < 4.78 is 5.76. The van der Waals surface area contributed by atoms with E-state index in [-0.39, 0.29) is 23.2 Å². The minimum Gasteiger partial charge on any atom is -0.444 e. The molecule has 2 N–H and O–H groups in total. The Kier molecular flexibility index (Phi) is 4.47. The van der Waals surface area contributed by atoms with Crippen LogP contribution in [0.25, 0.3) is 0 Å². The highest BCUT2D eigenvalue weighted by atomic mass is 35.5. The molecule has 0 radical (unpaired) electrons. The first-order valence-corrected chi connectivity index (χ1v) is 9.11. The lowest BCUT2D eigenvalue weighted by Crippen LogP contribution is -2.30. The fourth-order valence-electron chi connectivity index (χ4n) is 3.89. The van der Waals surface area contributed by atoms with E-state index in [9.17, 15) is 10.1 Å². The highest BCUT2D eigenvalue weighted by Crippen LogP contribution is 2.47. The Labute approximate surface area is 162 Å². The molecular weight excluding hydrogens is 360 g/mol. The SMILES string of the molecule is N#CC1=C(N)OC2=C(C(=O)C[C@@H](c3ccccc3)C2)[C@@H]1c1ccccc1Cl. The molecule has 2 aliphatic rings. The standard InChI is InChI=1S/C22H17ClN2O2/c23-17-9-5-4-8-15(17)20-16(12-24)22(25)27-19-11-14(10-18(26)21(19)20)13-6-2-1-3-7-13/h1-9,14,20H,10-11,25H2/t14-,20-/m1/s1. The van der Waals surface area contributed by atoms with Crippen molar-refractivity contribution in [2.24, 2.45) is 5.73 Å². The van der Waals surface area contributed by atoms with Crippen LogP contribution in [-0.2, 0) is 9.53 Å². The van der Waals surface area contributed by atoms with Crippen LogP contribution in [0.4, 0.5) is 0 Å². The van der Waals surface area contributed by atoms with Gasteiger partial charge in [-0.3, -0.25) is 4.79 Å². The van der Waals surface area contributed by atoms with Gasteiger partial charge in [-0.2, -0.15) is 5.26 Å². The van der Waals surface area contributed by atoms with Gasteiger partial charge in [0.05, 0.1) is 5.92 Å². The molecule has 27 heavy (non-hydrogen) atoms. The first kappa shape index (κ1) is 17.4. The first-order chi connectivity index (χ1) is 13.1. The van der Waals surface area contributed by atoms with Crippen molar-refractivity contribution in [3.05, 3.63) is 93.5 Å². The van der Waals surface area contributed by atoms with E-state index < -0.39 is 5.92 Å². The fraction of sp³-hybridized carbons (Fsp3) is 0.182. The summed E-state index contributed by atoms with van der Waals surface area (Å²) in [5.74, 6) is -0.00284. The van der Waals surface area contributed by atoms with Crippen molar-refractivity contribution in [2.75, 3.05) is 0 Å². The summed E-state index contributed by atoms with van der Waals surface area (Å²) in [6.07, 6.45) is 0.928. The molecular formula is C22H17ClN2O2. The number of ketones is 1. The molecule has 1 heterocycles. The lowest BCUT2D eigenvalue weighted by molar-refractivity contribution is -0.117. The summed E-state index contributed by atoms with van der Waals surface area (Å²) >= 11 is 6.38. The number of benzene rings is 2. The number of nitrogens with zero attached hydrogens (tertiary/aromatic N) is 1. The van der Waals surface area contributed by atoms with Crippen molar-refractivity contribution in [2.45, 2.75) is 24.7 Å². The summed E-state index contributed by atoms with van der Waals surface area (Å²) in [5, 5.41) is 10.1. The fourth-order valence-corrected chi connectivity index (χ4v) is 4.13.